The van der Waals surface area contributed by atoms with Gasteiger partial charge >= 0.3 is 0 Å². The van der Waals surface area contributed by atoms with Gasteiger partial charge in [0.25, 0.3) is 0 Å². The van der Waals surface area contributed by atoms with Gasteiger partial charge in [-0.05, 0) is 29.3 Å². The molecule has 0 radical (unpaired) electrons. The van der Waals surface area contributed by atoms with E-state index in [2.05, 4.69) is 0 Å². The Kier molecular flexibility index (Phi) is 3.71. The molecule has 2 aromatic carbocycles. The molecule has 1 aliphatic rings. The molecule has 0 spiro atoms. The van der Waals surface area contributed by atoms with E-state index < -0.39 is 6.10 Å². The van der Waals surface area contributed by atoms with E-state index in [9.17, 15) is 5.11 Å². The van der Waals surface area contributed by atoms with Crippen LogP contribution >= 0.6 is 0 Å². The zero-order valence-electron chi connectivity index (χ0n) is 12.1. The third-order valence-electron chi connectivity index (χ3n) is 3.77. The van der Waals surface area contributed by atoms with Gasteiger partial charge in [-0.15, -0.1) is 0 Å². The van der Waals surface area contributed by atoms with Gasteiger partial charge in [-0.3, -0.25) is 0 Å². The minimum Gasteiger partial charge on any atom is -0.493 e. The second-order valence-electron chi connectivity index (χ2n) is 5.03. The van der Waals surface area contributed by atoms with Crippen molar-refractivity contribution in [2.24, 2.45) is 0 Å². The number of hydrogen-bond acceptors (Lipinski definition) is 4. The van der Waals surface area contributed by atoms with E-state index >= 15 is 0 Å². The van der Waals surface area contributed by atoms with Crippen LogP contribution < -0.4 is 14.2 Å². The number of hydrogen-bond donors (Lipinski definition) is 1. The second kappa shape index (κ2) is 5.66. The lowest BCUT2D eigenvalue weighted by atomic mass is 10.00. The summed E-state index contributed by atoms with van der Waals surface area (Å²) in [6.45, 7) is 0. The summed E-state index contributed by atoms with van der Waals surface area (Å²) in [7, 11) is 3.17. The first-order valence-electron chi connectivity index (χ1n) is 6.87. The highest BCUT2D eigenvalue weighted by atomic mass is 16.5. The molecule has 1 heterocycles. The van der Waals surface area contributed by atoms with Crippen molar-refractivity contribution < 1.29 is 19.3 Å². The van der Waals surface area contributed by atoms with Crippen LogP contribution in [0, 0.1) is 0 Å². The number of methoxy groups -OCH3 is 2. The molecular formula is C17H18O4. The Balaban J connectivity index is 1.82. The van der Waals surface area contributed by atoms with Gasteiger partial charge in [0.2, 0.25) is 0 Å². The molecule has 0 aromatic heterocycles. The van der Waals surface area contributed by atoms with Crippen LogP contribution in [0.4, 0.5) is 0 Å². The van der Waals surface area contributed by atoms with E-state index in [0.717, 1.165) is 16.9 Å². The Labute approximate surface area is 123 Å². The van der Waals surface area contributed by atoms with Crippen LogP contribution in [0.15, 0.2) is 42.5 Å². The minimum absolute atomic E-state index is 0.277. The van der Waals surface area contributed by atoms with Gasteiger partial charge in [-0.25, -0.2) is 0 Å². The molecule has 4 heteroatoms. The molecule has 0 bridgehead atoms. The maximum absolute atomic E-state index is 10.6. The summed E-state index contributed by atoms with van der Waals surface area (Å²) < 4.78 is 16.3. The lowest BCUT2D eigenvalue weighted by Gasteiger charge is -2.19. The van der Waals surface area contributed by atoms with Gasteiger partial charge in [0.15, 0.2) is 11.5 Å². The van der Waals surface area contributed by atoms with E-state index in [4.69, 9.17) is 14.2 Å². The number of ether oxygens (including phenoxy) is 3. The van der Waals surface area contributed by atoms with Gasteiger partial charge in [-0.1, -0.05) is 24.3 Å². The molecular weight excluding hydrogens is 268 g/mol. The van der Waals surface area contributed by atoms with Crippen molar-refractivity contribution in [2.45, 2.75) is 18.6 Å². The molecule has 0 saturated carbocycles. The first-order valence-corrected chi connectivity index (χ1v) is 6.87. The van der Waals surface area contributed by atoms with Crippen LogP contribution in [0.3, 0.4) is 0 Å². The van der Waals surface area contributed by atoms with E-state index in [1.54, 1.807) is 26.4 Å². The van der Waals surface area contributed by atoms with Gasteiger partial charge in [0.05, 0.1) is 14.2 Å². The van der Waals surface area contributed by atoms with E-state index in [0.29, 0.717) is 17.9 Å². The number of rotatable bonds is 4. The van der Waals surface area contributed by atoms with Gasteiger partial charge in [0.1, 0.15) is 18.0 Å². The Bertz CT molecular complexity index is 613. The average molecular weight is 286 g/mol. The van der Waals surface area contributed by atoms with E-state index in [1.165, 1.54) is 0 Å². The molecule has 1 aliphatic heterocycles. The number of para-hydroxylation sites is 1. The van der Waals surface area contributed by atoms with Crippen molar-refractivity contribution in [1.29, 1.82) is 0 Å². The molecule has 4 nitrogen and oxygen atoms in total. The maximum atomic E-state index is 10.6. The van der Waals surface area contributed by atoms with Crippen molar-refractivity contribution >= 4 is 0 Å². The SMILES string of the molecule is COc1ccc(C(O)C2Cc3ccccc3O2)cc1OC. The molecule has 110 valence electrons. The number of fused-ring (bicyclic) bond motifs is 1. The molecule has 0 aliphatic carbocycles. The van der Waals surface area contributed by atoms with Crippen molar-refractivity contribution in [1.82, 2.24) is 0 Å². The maximum Gasteiger partial charge on any atom is 0.161 e. The largest absolute Gasteiger partial charge is 0.493 e. The van der Waals surface area contributed by atoms with Crippen LogP contribution in [0.25, 0.3) is 0 Å². The van der Waals surface area contributed by atoms with E-state index in [-0.39, 0.29) is 6.10 Å². The first kappa shape index (κ1) is 13.8. The predicted octanol–water partition coefficient (Wildman–Crippen LogP) is 2.74. The lowest BCUT2D eigenvalue weighted by Crippen LogP contribution is -2.23. The Morgan fingerprint density at radius 3 is 2.57 bits per heavy atom. The van der Waals surface area contributed by atoms with Crippen LogP contribution in [-0.4, -0.2) is 25.4 Å². The van der Waals surface area contributed by atoms with E-state index in [1.807, 2.05) is 30.3 Å². The molecule has 2 atom stereocenters. The van der Waals surface area contributed by atoms with Gasteiger partial charge in [-0.2, -0.15) is 0 Å². The lowest BCUT2D eigenvalue weighted by molar-refractivity contribution is 0.0490. The summed E-state index contributed by atoms with van der Waals surface area (Å²) in [5.74, 6) is 2.09. The molecule has 21 heavy (non-hydrogen) atoms. The average Bonchev–Trinajstić information content (AvgIpc) is 2.97. The Morgan fingerprint density at radius 2 is 1.86 bits per heavy atom. The topological polar surface area (TPSA) is 47.9 Å². The van der Waals surface area contributed by atoms with Crippen molar-refractivity contribution in [3.05, 3.63) is 53.6 Å². The van der Waals surface area contributed by atoms with Crippen LogP contribution in [-0.2, 0) is 6.42 Å². The number of aliphatic hydroxyl groups is 1. The summed E-state index contributed by atoms with van der Waals surface area (Å²) in [6, 6.07) is 13.3. The normalized spacial score (nSPS) is 17.8. The van der Waals surface area contributed by atoms with Gasteiger partial charge in [0, 0.05) is 6.42 Å². The highest BCUT2D eigenvalue weighted by Gasteiger charge is 2.30. The number of benzene rings is 2. The van der Waals surface area contributed by atoms with Gasteiger partial charge < -0.3 is 19.3 Å². The molecule has 0 saturated heterocycles. The molecule has 1 N–H and O–H groups in total. The second-order valence-corrected chi connectivity index (χ2v) is 5.03. The highest BCUT2D eigenvalue weighted by Crippen LogP contribution is 2.36. The Hall–Kier alpha value is -2.20. The fourth-order valence-electron chi connectivity index (χ4n) is 2.64. The van der Waals surface area contributed by atoms with Crippen molar-refractivity contribution in [3.63, 3.8) is 0 Å². The summed E-state index contributed by atoms with van der Waals surface area (Å²) >= 11 is 0. The quantitative estimate of drug-likeness (QED) is 0.939. The predicted molar refractivity (Wildman–Crippen MR) is 79.1 cm³/mol. The summed E-state index contributed by atoms with van der Waals surface area (Å²) in [5, 5.41) is 10.6. The highest BCUT2D eigenvalue weighted by molar-refractivity contribution is 5.44. The van der Waals surface area contributed by atoms with Crippen LogP contribution in [0.2, 0.25) is 0 Å². The molecule has 2 aromatic rings. The third kappa shape index (κ3) is 2.54. The summed E-state index contributed by atoms with van der Waals surface area (Å²) in [6.07, 6.45) is -0.288. The molecule has 3 rings (SSSR count). The number of aliphatic hydroxyl groups excluding tert-OH is 1. The zero-order valence-corrected chi connectivity index (χ0v) is 12.1. The molecule has 2 unspecified atom stereocenters. The standard InChI is InChI=1S/C17H18O4/c1-19-14-8-7-12(10-15(14)20-2)17(18)16-9-11-5-3-4-6-13(11)21-16/h3-8,10,16-18H,9H2,1-2H3. The Morgan fingerprint density at radius 1 is 1.10 bits per heavy atom. The molecule has 0 amide bonds. The van der Waals surface area contributed by atoms with Crippen LogP contribution in [0.1, 0.15) is 17.2 Å². The fraction of sp³-hybridized carbons (Fsp3) is 0.294. The first-order chi connectivity index (χ1) is 10.2. The van der Waals surface area contributed by atoms with Crippen LogP contribution in [0.5, 0.6) is 17.2 Å². The fourth-order valence-corrected chi connectivity index (χ4v) is 2.64. The van der Waals surface area contributed by atoms with Crippen molar-refractivity contribution in [2.75, 3.05) is 14.2 Å². The summed E-state index contributed by atoms with van der Waals surface area (Å²) in [4.78, 5) is 0. The molecule has 0 fully saturated rings. The smallest absolute Gasteiger partial charge is 0.161 e. The third-order valence-corrected chi connectivity index (χ3v) is 3.77. The minimum atomic E-state index is -0.711. The van der Waals surface area contributed by atoms with Crippen molar-refractivity contribution in [3.8, 4) is 17.2 Å². The monoisotopic (exact) mass is 286 g/mol. The zero-order chi connectivity index (χ0) is 14.8. The summed E-state index contributed by atoms with van der Waals surface area (Å²) in [5.41, 5.74) is 1.88.